The molecule has 0 aromatic heterocycles. The number of rotatable bonds is 0. The van der Waals surface area contributed by atoms with Gasteiger partial charge in [0.05, 0.1) is 11.6 Å². The largest absolute Gasteiger partial charge is 0.378 e. The van der Waals surface area contributed by atoms with E-state index in [9.17, 15) is 14.7 Å². The molecule has 0 saturated heterocycles. The zero-order valence-electron chi connectivity index (χ0n) is 6.07. The Bertz CT molecular complexity index is 362. The van der Waals surface area contributed by atoms with E-state index in [0.717, 1.165) is 0 Å². The molecule has 60 valence electrons. The Labute approximate surface area is 67.9 Å². The zero-order chi connectivity index (χ0) is 8.72. The molecule has 4 nitrogen and oxygen atoms in total. The first-order valence-corrected chi connectivity index (χ1v) is 3.48. The monoisotopic (exact) mass is 164 g/mol. The van der Waals surface area contributed by atoms with Crippen molar-refractivity contribution in [3.63, 3.8) is 0 Å². The molecule has 1 aliphatic heterocycles. The Morgan fingerprint density at radius 1 is 1.25 bits per heavy atom. The number of carbonyl (C=O) groups excluding carboxylic acids is 2. The highest BCUT2D eigenvalue weighted by molar-refractivity contribution is 6.46. The summed E-state index contributed by atoms with van der Waals surface area (Å²) in [5.74, 6) is -1.13. The molecule has 0 aromatic rings. The molecule has 1 aliphatic carbocycles. The van der Waals surface area contributed by atoms with E-state index in [1.165, 1.54) is 18.4 Å². The van der Waals surface area contributed by atoms with E-state index in [2.05, 4.69) is 4.99 Å². The molecule has 2 rings (SSSR count). The van der Waals surface area contributed by atoms with Gasteiger partial charge in [-0.2, -0.15) is 0 Å². The molecule has 0 amide bonds. The molecule has 2 aliphatic rings. The molecule has 12 heavy (non-hydrogen) atoms. The van der Waals surface area contributed by atoms with Gasteiger partial charge in [-0.3, -0.25) is 9.59 Å². The van der Waals surface area contributed by atoms with E-state index in [1.54, 1.807) is 0 Å². The molecule has 0 aromatic carbocycles. The second-order valence-electron chi connectivity index (χ2n) is 2.64. The molecular weight excluding hydrogens is 158 g/mol. The van der Waals surface area contributed by atoms with Crippen molar-refractivity contribution >= 4 is 17.8 Å². The Morgan fingerprint density at radius 3 is 2.67 bits per heavy atom. The van der Waals surface area contributed by atoms with Crippen LogP contribution in [-0.2, 0) is 9.59 Å². The van der Waals surface area contributed by atoms with Gasteiger partial charge in [-0.1, -0.05) is 0 Å². The summed E-state index contributed by atoms with van der Waals surface area (Å²) in [6.07, 6.45) is 3.00. The summed E-state index contributed by atoms with van der Waals surface area (Å²) in [5.41, 5.74) is 0.992. The third kappa shape index (κ3) is 0.853. The van der Waals surface area contributed by atoms with Crippen LogP contribution in [0.4, 0.5) is 0 Å². The molecule has 0 saturated carbocycles. The van der Waals surface area contributed by atoms with Gasteiger partial charge < -0.3 is 5.11 Å². The van der Waals surface area contributed by atoms with E-state index in [4.69, 9.17) is 0 Å². The van der Waals surface area contributed by atoms with Crippen molar-refractivity contribution in [1.29, 1.82) is 0 Å². The van der Waals surface area contributed by atoms with E-state index < -0.39 is 17.7 Å². The van der Waals surface area contributed by atoms with Gasteiger partial charge >= 0.3 is 0 Å². The number of aliphatic hydroxyl groups excluding tert-OH is 1. The maximum atomic E-state index is 10.9. The predicted octanol–water partition coefficient (Wildman–Crippen LogP) is -2.53. The van der Waals surface area contributed by atoms with Crippen LogP contribution in [0.3, 0.4) is 0 Å². The van der Waals surface area contributed by atoms with Gasteiger partial charge in [0.25, 0.3) is 0 Å². The first-order valence-electron chi connectivity index (χ1n) is 3.48. The van der Waals surface area contributed by atoms with Crippen LogP contribution in [0.1, 0.15) is 0 Å². The van der Waals surface area contributed by atoms with E-state index in [-0.39, 0.29) is 0 Å². The summed E-state index contributed by atoms with van der Waals surface area (Å²) in [5, 5.41) is 9.24. The highest BCUT2D eigenvalue weighted by Gasteiger charge is 2.32. The number of hydrogen-bond acceptors (Lipinski definition) is 3. The molecular formula is C8H6NO3+. The first-order chi connectivity index (χ1) is 5.68. The topological polar surface area (TPSA) is 68.3 Å². The average Bonchev–Trinajstić information content (AvgIpc) is 2.35. The van der Waals surface area contributed by atoms with Gasteiger partial charge in [-0.05, 0) is 0 Å². The molecule has 2 N–H and O–H groups in total. The smallest absolute Gasteiger partial charge is 0.232 e. The normalized spacial score (nSPS) is 26.9. The van der Waals surface area contributed by atoms with Crippen LogP contribution in [0.25, 0.3) is 0 Å². The second-order valence-corrected chi connectivity index (χ2v) is 2.64. The number of ketones is 2. The summed E-state index contributed by atoms with van der Waals surface area (Å²) in [7, 11) is 0. The summed E-state index contributed by atoms with van der Waals surface area (Å²) >= 11 is 0. The highest BCUT2D eigenvalue weighted by atomic mass is 16.3. The zero-order valence-corrected chi connectivity index (χ0v) is 6.07. The van der Waals surface area contributed by atoms with Crippen LogP contribution < -0.4 is 4.99 Å². The lowest BCUT2D eigenvalue weighted by Gasteiger charge is -2.01. The van der Waals surface area contributed by atoms with Crippen molar-refractivity contribution in [2.45, 2.75) is 6.10 Å². The molecule has 1 heterocycles. The minimum absolute atomic E-state index is 0.472. The van der Waals surface area contributed by atoms with Gasteiger partial charge in [-0.15, -0.1) is 0 Å². The standard InChI is InChI=1S/C8H5NO3/c10-6-1-4-5(2-7(6)11)9-3-8(4)12/h1-3,8,12H/p+1. The van der Waals surface area contributed by atoms with Crippen LogP contribution in [0.5, 0.6) is 0 Å². The van der Waals surface area contributed by atoms with E-state index in [0.29, 0.717) is 11.3 Å². The quantitative estimate of drug-likeness (QED) is 0.306. The summed E-state index contributed by atoms with van der Waals surface area (Å²) in [6.45, 7) is 0. The SMILES string of the molecule is O=C1C=C2[NH+]=CC(O)C2=CC1=O. The fourth-order valence-corrected chi connectivity index (χ4v) is 1.20. The van der Waals surface area contributed by atoms with Crippen molar-refractivity contribution in [1.82, 2.24) is 0 Å². The molecule has 0 fully saturated rings. The molecule has 0 radical (unpaired) electrons. The van der Waals surface area contributed by atoms with Gasteiger partial charge in [0.15, 0.2) is 12.3 Å². The average molecular weight is 164 g/mol. The number of aliphatic hydroxyl groups is 1. The molecule has 4 heteroatoms. The van der Waals surface area contributed by atoms with Crippen LogP contribution in [-0.4, -0.2) is 29.0 Å². The van der Waals surface area contributed by atoms with Crippen LogP contribution in [0.2, 0.25) is 0 Å². The van der Waals surface area contributed by atoms with Gasteiger partial charge in [0.2, 0.25) is 17.3 Å². The van der Waals surface area contributed by atoms with Crippen molar-refractivity contribution in [2.24, 2.45) is 0 Å². The lowest BCUT2D eigenvalue weighted by molar-refractivity contribution is -0.381. The number of carbonyl (C=O) groups is 2. The Kier molecular flexibility index (Phi) is 1.31. The predicted molar refractivity (Wildman–Crippen MR) is 39.2 cm³/mol. The van der Waals surface area contributed by atoms with Crippen LogP contribution in [0, 0.1) is 0 Å². The van der Waals surface area contributed by atoms with Gasteiger partial charge in [0.1, 0.15) is 0 Å². The van der Waals surface area contributed by atoms with Gasteiger partial charge in [0, 0.05) is 6.08 Å². The highest BCUT2D eigenvalue weighted by Crippen LogP contribution is 2.14. The molecule has 0 bridgehead atoms. The van der Waals surface area contributed by atoms with Crippen LogP contribution in [0.15, 0.2) is 23.4 Å². The Morgan fingerprint density at radius 2 is 1.92 bits per heavy atom. The van der Waals surface area contributed by atoms with Crippen molar-refractivity contribution in [3.05, 3.63) is 23.4 Å². The Balaban J connectivity index is 2.50. The summed E-state index contributed by atoms with van der Waals surface area (Å²) in [6, 6.07) is 0. The molecule has 0 spiro atoms. The maximum absolute atomic E-state index is 10.9. The third-order valence-electron chi connectivity index (χ3n) is 1.83. The van der Waals surface area contributed by atoms with E-state index >= 15 is 0 Å². The number of fused-ring (bicyclic) bond motifs is 1. The first kappa shape index (κ1) is 7.12. The van der Waals surface area contributed by atoms with E-state index in [1.807, 2.05) is 0 Å². The third-order valence-corrected chi connectivity index (χ3v) is 1.83. The lowest BCUT2D eigenvalue weighted by atomic mass is 10.0. The second kappa shape index (κ2) is 2.22. The minimum atomic E-state index is -0.784. The number of allylic oxidation sites excluding steroid dienone is 2. The summed E-state index contributed by atoms with van der Waals surface area (Å²) in [4.78, 5) is 24.4. The number of nitrogens with one attached hydrogen (secondary N) is 1. The van der Waals surface area contributed by atoms with Gasteiger partial charge in [-0.25, -0.2) is 4.99 Å². The maximum Gasteiger partial charge on any atom is 0.232 e. The van der Waals surface area contributed by atoms with Crippen molar-refractivity contribution in [3.8, 4) is 0 Å². The van der Waals surface area contributed by atoms with Crippen molar-refractivity contribution < 1.29 is 19.7 Å². The van der Waals surface area contributed by atoms with Crippen molar-refractivity contribution in [2.75, 3.05) is 0 Å². The fraction of sp³-hybridized carbons (Fsp3) is 0.125. The fourth-order valence-electron chi connectivity index (χ4n) is 1.20. The number of hydrogen-bond donors (Lipinski definition) is 2. The Hall–Kier alpha value is -1.55. The lowest BCUT2D eigenvalue weighted by Crippen LogP contribution is -2.64. The van der Waals surface area contributed by atoms with Crippen LogP contribution >= 0.6 is 0 Å². The molecule has 1 unspecified atom stereocenters. The molecule has 1 atom stereocenters. The summed E-state index contributed by atoms with van der Waals surface area (Å²) < 4.78 is 0. The minimum Gasteiger partial charge on any atom is -0.378 e.